The number of rotatable bonds is 5. The average molecular weight is 200 g/mol. The Labute approximate surface area is 83.0 Å². The SMILES string of the molecule is CCC(N)CSCc1cc(C)on1. The first kappa shape index (κ1) is 10.6. The lowest BCUT2D eigenvalue weighted by Crippen LogP contribution is -2.21. The lowest BCUT2D eigenvalue weighted by Gasteiger charge is -2.05. The van der Waals surface area contributed by atoms with Crippen LogP contribution in [0, 0.1) is 6.92 Å². The molecule has 4 heteroatoms. The minimum absolute atomic E-state index is 0.304. The van der Waals surface area contributed by atoms with Crippen molar-refractivity contribution in [3.05, 3.63) is 17.5 Å². The summed E-state index contributed by atoms with van der Waals surface area (Å²) < 4.78 is 4.95. The molecule has 2 N–H and O–H groups in total. The molecule has 1 rings (SSSR count). The van der Waals surface area contributed by atoms with E-state index in [1.165, 1.54) is 0 Å². The largest absolute Gasteiger partial charge is 0.361 e. The quantitative estimate of drug-likeness (QED) is 0.789. The van der Waals surface area contributed by atoms with E-state index < -0.39 is 0 Å². The minimum Gasteiger partial charge on any atom is -0.361 e. The summed E-state index contributed by atoms with van der Waals surface area (Å²) in [6.45, 7) is 4.00. The van der Waals surface area contributed by atoms with Crippen LogP contribution in [-0.2, 0) is 5.75 Å². The maximum absolute atomic E-state index is 5.78. The van der Waals surface area contributed by atoms with E-state index in [-0.39, 0.29) is 0 Å². The van der Waals surface area contributed by atoms with Gasteiger partial charge in [0.1, 0.15) is 5.76 Å². The van der Waals surface area contributed by atoms with E-state index in [1.54, 1.807) is 11.8 Å². The second kappa shape index (κ2) is 5.29. The Morgan fingerprint density at radius 1 is 1.69 bits per heavy atom. The van der Waals surface area contributed by atoms with Gasteiger partial charge in [0, 0.05) is 23.6 Å². The summed E-state index contributed by atoms with van der Waals surface area (Å²) in [6.07, 6.45) is 1.03. The van der Waals surface area contributed by atoms with E-state index in [2.05, 4.69) is 12.1 Å². The third-order valence-electron chi connectivity index (χ3n) is 1.78. The third kappa shape index (κ3) is 3.83. The van der Waals surface area contributed by atoms with Crippen molar-refractivity contribution >= 4 is 11.8 Å². The fourth-order valence-electron chi connectivity index (χ4n) is 0.919. The summed E-state index contributed by atoms with van der Waals surface area (Å²) in [5, 5.41) is 3.90. The molecule has 0 bridgehead atoms. The molecule has 1 aromatic heterocycles. The van der Waals surface area contributed by atoms with Gasteiger partial charge in [0.25, 0.3) is 0 Å². The normalized spacial score (nSPS) is 13.2. The van der Waals surface area contributed by atoms with Crippen molar-refractivity contribution in [2.45, 2.75) is 32.1 Å². The van der Waals surface area contributed by atoms with E-state index in [9.17, 15) is 0 Å². The highest BCUT2D eigenvalue weighted by Gasteiger charge is 2.02. The van der Waals surface area contributed by atoms with E-state index in [0.717, 1.165) is 29.4 Å². The molecule has 3 nitrogen and oxygen atoms in total. The Kier molecular flexibility index (Phi) is 4.32. The third-order valence-corrected chi connectivity index (χ3v) is 2.95. The van der Waals surface area contributed by atoms with Crippen LogP contribution >= 0.6 is 11.8 Å². The fraction of sp³-hybridized carbons (Fsp3) is 0.667. The lowest BCUT2D eigenvalue weighted by molar-refractivity contribution is 0.393. The maximum atomic E-state index is 5.78. The molecule has 0 fully saturated rings. The van der Waals surface area contributed by atoms with Gasteiger partial charge in [-0.2, -0.15) is 11.8 Å². The van der Waals surface area contributed by atoms with Gasteiger partial charge in [0.15, 0.2) is 0 Å². The summed E-state index contributed by atoms with van der Waals surface area (Å²) in [4.78, 5) is 0. The molecule has 1 atom stereocenters. The van der Waals surface area contributed by atoms with E-state index in [1.807, 2.05) is 13.0 Å². The molecule has 1 unspecified atom stereocenters. The number of hydrogen-bond acceptors (Lipinski definition) is 4. The summed E-state index contributed by atoms with van der Waals surface area (Å²) in [7, 11) is 0. The number of thioether (sulfide) groups is 1. The molecule has 13 heavy (non-hydrogen) atoms. The van der Waals surface area contributed by atoms with Gasteiger partial charge in [-0.1, -0.05) is 12.1 Å². The molecule has 0 radical (unpaired) electrons. The zero-order valence-electron chi connectivity index (χ0n) is 8.12. The van der Waals surface area contributed by atoms with Crippen LogP contribution in [0.25, 0.3) is 0 Å². The van der Waals surface area contributed by atoms with Crippen LogP contribution in [0.4, 0.5) is 0 Å². The Bertz CT molecular complexity index is 250. The highest BCUT2D eigenvalue weighted by Crippen LogP contribution is 2.13. The number of aryl methyl sites for hydroxylation is 1. The van der Waals surface area contributed by atoms with Crippen molar-refractivity contribution in [1.29, 1.82) is 0 Å². The van der Waals surface area contributed by atoms with E-state index in [0.29, 0.717) is 6.04 Å². The van der Waals surface area contributed by atoms with Crippen molar-refractivity contribution < 1.29 is 4.52 Å². The highest BCUT2D eigenvalue weighted by atomic mass is 32.2. The zero-order chi connectivity index (χ0) is 9.68. The van der Waals surface area contributed by atoms with Crippen LogP contribution in [0.15, 0.2) is 10.6 Å². The van der Waals surface area contributed by atoms with Crippen molar-refractivity contribution in [2.24, 2.45) is 5.73 Å². The predicted octanol–water partition coefficient (Wildman–Crippen LogP) is 1.95. The second-order valence-electron chi connectivity index (χ2n) is 3.11. The van der Waals surface area contributed by atoms with Crippen LogP contribution in [-0.4, -0.2) is 17.0 Å². The number of nitrogens with two attached hydrogens (primary N) is 1. The molecular formula is C9H16N2OS. The van der Waals surface area contributed by atoms with Crippen LogP contribution < -0.4 is 5.73 Å². The summed E-state index contributed by atoms with van der Waals surface area (Å²) in [6, 6.07) is 2.27. The zero-order valence-corrected chi connectivity index (χ0v) is 8.93. The highest BCUT2D eigenvalue weighted by molar-refractivity contribution is 7.98. The van der Waals surface area contributed by atoms with Gasteiger partial charge < -0.3 is 10.3 Å². The topological polar surface area (TPSA) is 52.0 Å². The summed E-state index contributed by atoms with van der Waals surface area (Å²) in [5.74, 6) is 2.75. The average Bonchev–Trinajstić information content (AvgIpc) is 2.51. The van der Waals surface area contributed by atoms with Gasteiger partial charge in [0.05, 0.1) is 5.69 Å². The van der Waals surface area contributed by atoms with Gasteiger partial charge in [-0.3, -0.25) is 0 Å². The Balaban J connectivity index is 2.20. The minimum atomic E-state index is 0.304. The van der Waals surface area contributed by atoms with Gasteiger partial charge in [0.2, 0.25) is 0 Å². The van der Waals surface area contributed by atoms with Gasteiger partial charge in [-0.05, 0) is 13.3 Å². The summed E-state index contributed by atoms with van der Waals surface area (Å²) >= 11 is 1.80. The van der Waals surface area contributed by atoms with Crippen molar-refractivity contribution in [3.8, 4) is 0 Å². The molecule has 0 saturated heterocycles. The Hall–Kier alpha value is -0.480. The van der Waals surface area contributed by atoms with Crippen LogP contribution in [0.1, 0.15) is 24.8 Å². The molecular weight excluding hydrogens is 184 g/mol. The molecule has 0 aromatic carbocycles. The van der Waals surface area contributed by atoms with Crippen LogP contribution in [0.5, 0.6) is 0 Å². The molecule has 0 saturated carbocycles. The predicted molar refractivity (Wildman–Crippen MR) is 55.7 cm³/mol. The number of hydrogen-bond donors (Lipinski definition) is 1. The standard InChI is InChI=1S/C9H16N2OS/c1-3-8(10)5-13-6-9-4-7(2)12-11-9/h4,8H,3,5-6,10H2,1-2H3. The second-order valence-corrected chi connectivity index (χ2v) is 4.14. The van der Waals surface area contributed by atoms with E-state index in [4.69, 9.17) is 10.3 Å². The van der Waals surface area contributed by atoms with E-state index >= 15 is 0 Å². The maximum Gasteiger partial charge on any atom is 0.133 e. The van der Waals surface area contributed by atoms with Crippen LogP contribution in [0.2, 0.25) is 0 Å². The van der Waals surface area contributed by atoms with Crippen LogP contribution in [0.3, 0.4) is 0 Å². The first-order chi connectivity index (χ1) is 6.22. The van der Waals surface area contributed by atoms with Gasteiger partial charge in [-0.25, -0.2) is 0 Å². The first-order valence-corrected chi connectivity index (χ1v) is 5.63. The summed E-state index contributed by atoms with van der Waals surface area (Å²) in [5.41, 5.74) is 6.78. The molecule has 0 aliphatic carbocycles. The molecule has 0 amide bonds. The molecule has 1 aromatic rings. The molecule has 74 valence electrons. The van der Waals surface area contributed by atoms with Crippen molar-refractivity contribution in [3.63, 3.8) is 0 Å². The monoisotopic (exact) mass is 200 g/mol. The Morgan fingerprint density at radius 3 is 3.00 bits per heavy atom. The Morgan fingerprint density at radius 2 is 2.46 bits per heavy atom. The number of aromatic nitrogens is 1. The number of nitrogens with zero attached hydrogens (tertiary/aromatic N) is 1. The first-order valence-electron chi connectivity index (χ1n) is 4.48. The molecule has 0 aliphatic heterocycles. The molecule has 0 spiro atoms. The lowest BCUT2D eigenvalue weighted by atomic mass is 10.3. The van der Waals surface area contributed by atoms with Crippen molar-refractivity contribution in [1.82, 2.24) is 5.16 Å². The molecule has 1 heterocycles. The fourth-order valence-corrected chi connectivity index (χ4v) is 1.92. The van der Waals surface area contributed by atoms with Gasteiger partial charge in [-0.15, -0.1) is 0 Å². The van der Waals surface area contributed by atoms with Crippen molar-refractivity contribution in [2.75, 3.05) is 5.75 Å². The molecule has 0 aliphatic rings. The smallest absolute Gasteiger partial charge is 0.133 e. The van der Waals surface area contributed by atoms with Gasteiger partial charge >= 0.3 is 0 Å².